The summed E-state index contributed by atoms with van der Waals surface area (Å²) in [6.45, 7) is 3.36. The quantitative estimate of drug-likeness (QED) is 0.677. The minimum atomic E-state index is -0.580. The molecular formula is C10H14N2O4. The van der Waals surface area contributed by atoms with E-state index in [-0.39, 0.29) is 6.10 Å². The molecule has 3 atom stereocenters. The summed E-state index contributed by atoms with van der Waals surface area (Å²) in [5.74, 6) is 0. The molecule has 1 fully saturated rings. The van der Waals surface area contributed by atoms with Gasteiger partial charge in [-0.05, 0) is 13.8 Å². The fourth-order valence-corrected chi connectivity index (χ4v) is 1.77. The van der Waals surface area contributed by atoms with Crippen molar-refractivity contribution in [2.45, 2.75) is 38.7 Å². The summed E-state index contributed by atoms with van der Waals surface area (Å²) in [5.41, 5.74) is -0.466. The SMILES string of the molecule is Cc1cn([C@H]2C[C@@H](O)C(C)O2)c(=O)[nH]c1=O. The van der Waals surface area contributed by atoms with Gasteiger partial charge in [-0.25, -0.2) is 4.79 Å². The van der Waals surface area contributed by atoms with E-state index in [4.69, 9.17) is 4.74 Å². The Balaban J connectivity index is 2.39. The second-order valence-electron chi connectivity index (χ2n) is 4.08. The highest BCUT2D eigenvalue weighted by Crippen LogP contribution is 2.26. The van der Waals surface area contributed by atoms with Gasteiger partial charge in [0.2, 0.25) is 0 Å². The molecule has 0 aromatic carbocycles. The zero-order chi connectivity index (χ0) is 11.9. The van der Waals surface area contributed by atoms with Crippen molar-refractivity contribution in [2.24, 2.45) is 0 Å². The van der Waals surface area contributed by atoms with E-state index in [0.717, 1.165) is 0 Å². The highest BCUT2D eigenvalue weighted by molar-refractivity contribution is 5.01. The van der Waals surface area contributed by atoms with Crippen molar-refractivity contribution in [2.75, 3.05) is 0 Å². The van der Waals surface area contributed by atoms with Gasteiger partial charge in [0.25, 0.3) is 5.56 Å². The smallest absolute Gasteiger partial charge is 0.330 e. The first kappa shape index (κ1) is 11.1. The summed E-state index contributed by atoms with van der Waals surface area (Å²) < 4.78 is 6.74. The maximum absolute atomic E-state index is 11.5. The zero-order valence-electron chi connectivity index (χ0n) is 9.14. The van der Waals surface area contributed by atoms with E-state index in [9.17, 15) is 14.7 Å². The maximum Gasteiger partial charge on any atom is 0.330 e. The van der Waals surface area contributed by atoms with Gasteiger partial charge < -0.3 is 9.84 Å². The number of ether oxygens (including phenoxy) is 1. The maximum atomic E-state index is 11.5. The molecule has 1 unspecified atom stereocenters. The van der Waals surface area contributed by atoms with Gasteiger partial charge in [0.15, 0.2) is 0 Å². The van der Waals surface area contributed by atoms with Crippen LogP contribution in [0.15, 0.2) is 15.8 Å². The van der Waals surface area contributed by atoms with E-state index in [1.165, 1.54) is 10.8 Å². The van der Waals surface area contributed by atoms with Crippen molar-refractivity contribution in [1.82, 2.24) is 9.55 Å². The van der Waals surface area contributed by atoms with Gasteiger partial charge in [-0.1, -0.05) is 0 Å². The molecule has 16 heavy (non-hydrogen) atoms. The van der Waals surface area contributed by atoms with Crippen LogP contribution in [0.2, 0.25) is 0 Å². The summed E-state index contributed by atoms with van der Waals surface area (Å²) in [6.07, 6.45) is 0.421. The lowest BCUT2D eigenvalue weighted by Gasteiger charge is -2.13. The number of nitrogens with one attached hydrogen (secondary N) is 1. The van der Waals surface area contributed by atoms with Gasteiger partial charge in [0.05, 0.1) is 12.2 Å². The molecule has 2 N–H and O–H groups in total. The average Bonchev–Trinajstić information content (AvgIpc) is 2.53. The molecule has 0 bridgehead atoms. The largest absolute Gasteiger partial charge is 0.390 e. The molecule has 88 valence electrons. The van der Waals surface area contributed by atoms with Gasteiger partial charge in [0.1, 0.15) is 6.23 Å². The molecular weight excluding hydrogens is 212 g/mol. The third-order valence-corrected chi connectivity index (χ3v) is 2.81. The van der Waals surface area contributed by atoms with Crippen molar-refractivity contribution in [3.05, 3.63) is 32.6 Å². The molecule has 6 heteroatoms. The number of H-pyrrole nitrogens is 1. The lowest BCUT2D eigenvalue weighted by atomic mass is 10.2. The van der Waals surface area contributed by atoms with Crippen LogP contribution < -0.4 is 11.2 Å². The summed E-state index contributed by atoms with van der Waals surface area (Å²) in [5, 5.41) is 9.53. The van der Waals surface area contributed by atoms with Crippen LogP contribution in [0.25, 0.3) is 0 Å². The number of rotatable bonds is 1. The molecule has 1 aromatic heterocycles. The predicted octanol–water partition coefficient (Wildman–Crippen LogP) is -0.487. The highest BCUT2D eigenvalue weighted by Gasteiger charge is 2.32. The first-order valence-electron chi connectivity index (χ1n) is 5.14. The monoisotopic (exact) mass is 226 g/mol. The van der Waals surface area contributed by atoms with Crippen molar-refractivity contribution in [3.8, 4) is 0 Å². The first-order valence-corrected chi connectivity index (χ1v) is 5.14. The average molecular weight is 226 g/mol. The Morgan fingerprint density at radius 3 is 2.81 bits per heavy atom. The molecule has 1 aliphatic heterocycles. The molecule has 0 spiro atoms. The molecule has 0 amide bonds. The van der Waals surface area contributed by atoms with Crippen LogP contribution in [0.1, 0.15) is 25.1 Å². The second-order valence-corrected chi connectivity index (χ2v) is 4.08. The van der Waals surface area contributed by atoms with Crippen molar-refractivity contribution in [1.29, 1.82) is 0 Å². The van der Waals surface area contributed by atoms with Gasteiger partial charge in [0, 0.05) is 18.2 Å². The van der Waals surface area contributed by atoms with Crippen molar-refractivity contribution < 1.29 is 9.84 Å². The van der Waals surface area contributed by atoms with Crippen LogP contribution in [0.5, 0.6) is 0 Å². The van der Waals surface area contributed by atoms with Crippen LogP contribution in [0.4, 0.5) is 0 Å². The fourth-order valence-electron chi connectivity index (χ4n) is 1.77. The first-order chi connectivity index (χ1) is 7.49. The summed E-state index contributed by atoms with van der Waals surface area (Å²) in [7, 11) is 0. The van der Waals surface area contributed by atoms with Crippen LogP contribution in [0.3, 0.4) is 0 Å². The summed E-state index contributed by atoms with van der Waals surface area (Å²) >= 11 is 0. The Kier molecular flexibility index (Phi) is 2.69. The molecule has 6 nitrogen and oxygen atoms in total. The Labute approximate surface area is 91.5 Å². The van der Waals surface area contributed by atoms with Crippen molar-refractivity contribution in [3.63, 3.8) is 0 Å². The minimum Gasteiger partial charge on any atom is -0.390 e. The van der Waals surface area contributed by atoms with E-state index >= 15 is 0 Å². The van der Waals surface area contributed by atoms with E-state index in [1.54, 1.807) is 13.8 Å². The van der Waals surface area contributed by atoms with Crippen LogP contribution in [0, 0.1) is 6.92 Å². The van der Waals surface area contributed by atoms with E-state index < -0.39 is 23.6 Å². The van der Waals surface area contributed by atoms with Crippen LogP contribution in [-0.4, -0.2) is 26.9 Å². The van der Waals surface area contributed by atoms with E-state index in [1.807, 2.05) is 0 Å². The van der Waals surface area contributed by atoms with Crippen molar-refractivity contribution >= 4 is 0 Å². The van der Waals surface area contributed by atoms with Gasteiger partial charge in [-0.3, -0.25) is 14.3 Å². The fraction of sp³-hybridized carbons (Fsp3) is 0.600. The third-order valence-electron chi connectivity index (χ3n) is 2.81. The topological polar surface area (TPSA) is 84.3 Å². The molecule has 0 aliphatic carbocycles. The Bertz CT molecular complexity index is 494. The number of aryl methyl sites for hydroxylation is 1. The second kappa shape index (κ2) is 3.88. The standard InChI is InChI=1S/C10H14N2O4/c1-5-4-12(10(15)11-9(5)14)8-3-7(13)6(2)16-8/h4,6-8,13H,3H2,1-2H3,(H,11,14,15)/t6?,7-,8-/m1/s1. The van der Waals surface area contributed by atoms with Gasteiger partial charge in [-0.2, -0.15) is 0 Å². The van der Waals surface area contributed by atoms with E-state index in [2.05, 4.69) is 4.98 Å². The number of aromatic nitrogens is 2. The minimum absolute atomic E-state index is 0.302. The van der Waals surface area contributed by atoms with Gasteiger partial charge in [-0.15, -0.1) is 0 Å². The molecule has 2 heterocycles. The highest BCUT2D eigenvalue weighted by atomic mass is 16.5. The predicted molar refractivity (Wildman–Crippen MR) is 56.3 cm³/mol. The number of nitrogens with zero attached hydrogens (tertiary/aromatic N) is 1. The van der Waals surface area contributed by atoms with Crippen LogP contribution in [-0.2, 0) is 4.74 Å². The molecule has 0 radical (unpaired) electrons. The summed E-state index contributed by atoms with van der Waals surface area (Å²) in [4.78, 5) is 24.9. The lowest BCUT2D eigenvalue weighted by molar-refractivity contribution is -0.0102. The Hall–Kier alpha value is -1.40. The van der Waals surface area contributed by atoms with E-state index in [0.29, 0.717) is 12.0 Å². The number of aliphatic hydroxyl groups is 1. The zero-order valence-corrected chi connectivity index (χ0v) is 9.14. The number of hydrogen-bond acceptors (Lipinski definition) is 4. The lowest BCUT2D eigenvalue weighted by Crippen LogP contribution is -2.33. The molecule has 0 saturated carbocycles. The third kappa shape index (κ3) is 1.81. The number of aliphatic hydroxyl groups excluding tert-OH is 1. The van der Waals surface area contributed by atoms with Gasteiger partial charge >= 0.3 is 5.69 Å². The normalized spacial score (nSPS) is 29.6. The molecule has 1 aromatic rings. The number of aromatic amines is 1. The molecule has 2 rings (SSSR count). The Morgan fingerprint density at radius 1 is 1.56 bits per heavy atom. The molecule has 1 aliphatic rings. The molecule has 1 saturated heterocycles. The summed E-state index contributed by atoms with van der Waals surface area (Å²) in [6, 6.07) is 0. The Morgan fingerprint density at radius 2 is 2.25 bits per heavy atom. The number of hydrogen-bond donors (Lipinski definition) is 2. The van der Waals surface area contributed by atoms with Crippen LogP contribution >= 0.6 is 0 Å².